The monoisotopic (exact) mass is 311 g/mol. The molecule has 0 amide bonds. The topological polar surface area (TPSA) is 47.8 Å². The Hall–Kier alpha value is -0.940. The van der Waals surface area contributed by atoms with Gasteiger partial charge in [0.25, 0.3) is 0 Å². The highest BCUT2D eigenvalue weighted by atomic mass is 35.5. The minimum atomic E-state index is -0.651. The first kappa shape index (κ1) is 14.0. The van der Waals surface area contributed by atoms with Crippen LogP contribution in [-0.4, -0.2) is 36.1 Å². The molecule has 4 nitrogen and oxygen atoms in total. The Balaban J connectivity index is 2.09. The lowest BCUT2D eigenvalue weighted by Gasteiger charge is -2.24. The van der Waals surface area contributed by atoms with E-state index in [2.05, 4.69) is 16.5 Å². The second-order valence-corrected chi connectivity index (χ2v) is 7.29. The van der Waals surface area contributed by atoms with Crippen LogP contribution in [0.5, 0.6) is 0 Å². The highest BCUT2D eigenvalue weighted by molar-refractivity contribution is 7.85. The minimum Gasteiger partial charge on any atom is -0.309 e. The standard InChI is InChI=1S/C14H18ClN3OS/c1-10-3-7-16-14-13(10)17-12(2-6-15)18(14)11-4-8-20(19)9-5-11/h3,7,11H,2,4-6,8-9H2,1H3. The SMILES string of the molecule is Cc1ccnc2c1nc(CCCl)n2C1CCS(=O)CC1. The number of halogens is 1. The van der Waals surface area contributed by atoms with Gasteiger partial charge in [0.05, 0.1) is 0 Å². The lowest BCUT2D eigenvalue weighted by Crippen LogP contribution is -2.23. The van der Waals surface area contributed by atoms with Gasteiger partial charge in [0.2, 0.25) is 0 Å². The van der Waals surface area contributed by atoms with Gasteiger partial charge in [-0.1, -0.05) is 0 Å². The fourth-order valence-corrected chi connectivity index (χ4v) is 4.28. The Morgan fingerprint density at radius 1 is 1.45 bits per heavy atom. The van der Waals surface area contributed by atoms with Crippen LogP contribution in [0.4, 0.5) is 0 Å². The van der Waals surface area contributed by atoms with Crippen molar-refractivity contribution < 1.29 is 4.21 Å². The number of pyridine rings is 1. The predicted octanol–water partition coefficient (Wildman–Crippen LogP) is 2.60. The van der Waals surface area contributed by atoms with Crippen molar-refractivity contribution in [2.24, 2.45) is 0 Å². The first-order chi connectivity index (χ1) is 9.70. The van der Waals surface area contributed by atoms with Crippen LogP contribution in [0, 0.1) is 6.92 Å². The van der Waals surface area contributed by atoms with Gasteiger partial charge < -0.3 is 4.57 Å². The molecule has 0 atom stereocenters. The average Bonchev–Trinajstić information content (AvgIpc) is 2.80. The number of hydrogen-bond donors (Lipinski definition) is 0. The number of hydrogen-bond acceptors (Lipinski definition) is 3. The minimum absolute atomic E-state index is 0.352. The van der Waals surface area contributed by atoms with Crippen molar-refractivity contribution in [3.8, 4) is 0 Å². The fraction of sp³-hybridized carbons (Fsp3) is 0.571. The van der Waals surface area contributed by atoms with E-state index < -0.39 is 10.8 Å². The Bertz CT molecular complexity index is 645. The third-order valence-electron chi connectivity index (χ3n) is 3.89. The largest absolute Gasteiger partial charge is 0.309 e. The van der Waals surface area contributed by atoms with E-state index in [9.17, 15) is 4.21 Å². The molecule has 3 heterocycles. The number of aryl methyl sites for hydroxylation is 2. The second kappa shape index (κ2) is 5.82. The van der Waals surface area contributed by atoms with Gasteiger partial charge in [0, 0.05) is 46.8 Å². The summed E-state index contributed by atoms with van der Waals surface area (Å²) < 4.78 is 13.8. The van der Waals surface area contributed by atoms with Crippen molar-refractivity contribution in [1.82, 2.24) is 14.5 Å². The maximum atomic E-state index is 11.6. The van der Waals surface area contributed by atoms with E-state index in [1.807, 2.05) is 12.3 Å². The second-order valence-electron chi connectivity index (χ2n) is 5.22. The smallest absolute Gasteiger partial charge is 0.160 e. The predicted molar refractivity (Wildman–Crippen MR) is 82.8 cm³/mol. The maximum Gasteiger partial charge on any atom is 0.160 e. The lowest BCUT2D eigenvalue weighted by molar-refractivity contribution is 0.457. The van der Waals surface area contributed by atoms with Gasteiger partial charge >= 0.3 is 0 Å². The van der Waals surface area contributed by atoms with E-state index >= 15 is 0 Å². The molecule has 0 bridgehead atoms. The summed E-state index contributed by atoms with van der Waals surface area (Å²) in [4.78, 5) is 9.26. The zero-order chi connectivity index (χ0) is 14.1. The fourth-order valence-electron chi connectivity index (χ4n) is 2.84. The van der Waals surface area contributed by atoms with Gasteiger partial charge in [-0.15, -0.1) is 11.6 Å². The molecule has 6 heteroatoms. The van der Waals surface area contributed by atoms with E-state index in [4.69, 9.17) is 16.6 Å². The van der Waals surface area contributed by atoms with Crippen LogP contribution in [0.3, 0.4) is 0 Å². The van der Waals surface area contributed by atoms with Crippen molar-refractivity contribution in [1.29, 1.82) is 0 Å². The summed E-state index contributed by atoms with van der Waals surface area (Å²) in [6.07, 6.45) is 4.45. The summed E-state index contributed by atoms with van der Waals surface area (Å²) in [6.45, 7) is 2.06. The molecular formula is C14H18ClN3OS. The van der Waals surface area contributed by atoms with Crippen LogP contribution >= 0.6 is 11.6 Å². The molecule has 1 aliphatic rings. The molecule has 108 valence electrons. The number of nitrogens with zero attached hydrogens (tertiary/aromatic N) is 3. The highest BCUT2D eigenvalue weighted by Crippen LogP contribution is 2.29. The zero-order valence-electron chi connectivity index (χ0n) is 11.5. The third-order valence-corrected chi connectivity index (χ3v) is 5.47. The van der Waals surface area contributed by atoms with Crippen LogP contribution < -0.4 is 0 Å². The van der Waals surface area contributed by atoms with Crippen molar-refractivity contribution >= 4 is 33.6 Å². The average molecular weight is 312 g/mol. The summed E-state index contributed by atoms with van der Waals surface area (Å²) in [7, 11) is -0.651. The Kier molecular flexibility index (Phi) is 4.08. The molecule has 0 aromatic carbocycles. The Labute approximate surface area is 126 Å². The van der Waals surface area contributed by atoms with Gasteiger partial charge in [0.1, 0.15) is 11.3 Å². The van der Waals surface area contributed by atoms with Crippen molar-refractivity contribution in [3.05, 3.63) is 23.7 Å². The molecule has 0 spiro atoms. The summed E-state index contributed by atoms with van der Waals surface area (Å²) in [5.74, 6) is 3.11. The summed E-state index contributed by atoms with van der Waals surface area (Å²) in [5, 5.41) is 0. The van der Waals surface area contributed by atoms with Gasteiger partial charge in [-0.2, -0.15) is 0 Å². The number of imidazole rings is 1. The van der Waals surface area contributed by atoms with Crippen molar-refractivity contribution in [3.63, 3.8) is 0 Å². The molecule has 0 aliphatic carbocycles. The quantitative estimate of drug-likeness (QED) is 0.819. The highest BCUT2D eigenvalue weighted by Gasteiger charge is 2.24. The first-order valence-corrected chi connectivity index (χ1v) is 8.96. The third kappa shape index (κ3) is 2.49. The Morgan fingerprint density at radius 3 is 2.90 bits per heavy atom. The van der Waals surface area contributed by atoms with E-state index in [-0.39, 0.29) is 0 Å². The van der Waals surface area contributed by atoms with Crippen LogP contribution in [0.1, 0.15) is 30.3 Å². The normalized spacial score (nSPS) is 23.3. The Morgan fingerprint density at radius 2 is 2.20 bits per heavy atom. The van der Waals surface area contributed by atoms with Crippen LogP contribution in [0.2, 0.25) is 0 Å². The lowest BCUT2D eigenvalue weighted by atomic mass is 10.1. The number of rotatable bonds is 3. The molecule has 0 saturated carbocycles. The molecule has 0 N–H and O–H groups in total. The summed E-state index contributed by atoms with van der Waals surface area (Å²) in [5.41, 5.74) is 3.06. The van der Waals surface area contributed by atoms with Crippen molar-refractivity contribution in [2.45, 2.75) is 32.2 Å². The van der Waals surface area contributed by atoms with Gasteiger partial charge in [-0.25, -0.2) is 9.97 Å². The molecule has 2 aromatic heterocycles. The summed E-state index contributed by atoms with van der Waals surface area (Å²) >= 11 is 5.92. The molecular weight excluding hydrogens is 294 g/mol. The van der Waals surface area contributed by atoms with Crippen molar-refractivity contribution in [2.75, 3.05) is 17.4 Å². The molecule has 1 saturated heterocycles. The number of fused-ring (bicyclic) bond motifs is 1. The van der Waals surface area contributed by atoms with Gasteiger partial charge in [0.15, 0.2) is 5.65 Å². The van der Waals surface area contributed by atoms with E-state index in [0.29, 0.717) is 11.9 Å². The molecule has 20 heavy (non-hydrogen) atoms. The van der Waals surface area contributed by atoms with Gasteiger partial charge in [-0.3, -0.25) is 4.21 Å². The zero-order valence-corrected chi connectivity index (χ0v) is 13.1. The summed E-state index contributed by atoms with van der Waals surface area (Å²) in [6, 6.07) is 2.34. The maximum absolute atomic E-state index is 11.6. The molecule has 1 fully saturated rings. The van der Waals surface area contributed by atoms with E-state index in [1.54, 1.807) is 0 Å². The molecule has 0 radical (unpaired) electrons. The van der Waals surface area contributed by atoms with Crippen LogP contribution in [0.15, 0.2) is 12.3 Å². The molecule has 0 unspecified atom stereocenters. The van der Waals surface area contributed by atoms with Crippen LogP contribution in [-0.2, 0) is 17.2 Å². The van der Waals surface area contributed by atoms with E-state index in [1.165, 1.54) is 0 Å². The molecule has 2 aromatic rings. The van der Waals surface area contributed by atoms with Crippen LogP contribution in [0.25, 0.3) is 11.2 Å². The molecule has 3 rings (SSSR count). The molecule has 1 aliphatic heterocycles. The van der Waals surface area contributed by atoms with E-state index in [0.717, 1.165) is 53.3 Å². The number of aromatic nitrogens is 3. The van der Waals surface area contributed by atoms with Gasteiger partial charge in [-0.05, 0) is 31.4 Å². The number of alkyl halides is 1. The first-order valence-electron chi connectivity index (χ1n) is 6.94.